The van der Waals surface area contributed by atoms with Gasteiger partial charge in [-0.05, 0) is 0 Å². The van der Waals surface area contributed by atoms with Crippen molar-refractivity contribution in [1.29, 1.82) is 0 Å². The first-order chi connectivity index (χ1) is 12.4. The summed E-state index contributed by atoms with van der Waals surface area (Å²) in [6, 6.07) is 0. The van der Waals surface area contributed by atoms with Crippen LogP contribution >= 0.6 is 0 Å². The predicted molar refractivity (Wildman–Crippen MR) is 87.9 cm³/mol. The van der Waals surface area contributed by atoms with E-state index < -0.39 is 64.5 Å². The fraction of sp³-hybridized carbons (Fsp3) is 0.667. The van der Waals surface area contributed by atoms with Gasteiger partial charge in [-0.1, -0.05) is 6.08 Å². The van der Waals surface area contributed by atoms with Gasteiger partial charge in [0.25, 0.3) is 10.1 Å². The van der Waals surface area contributed by atoms with Crippen LogP contribution < -0.4 is 0 Å². The van der Waals surface area contributed by atoms with Gasteiger partial charge in [0.05, 0.1) is 6.61 Å². The molecule has 0 aromatic carbocycles. The standard InChI is InChI=1S/C15H22O11S/c1-5-6-22-15-14(25-10(4)18)13(24-9(3)17)12(23-8(2)16)11(26-15)7-27(19,20)21/h5,11-15H,1,6-7H2,2-4H3,(H,19,20,21)/t11-,12-,13-,14-,15+/m1/s1. The van der Waals surface area contributed by atoms with Crippen LogP contribution in [-0.4, -0.2) is 73.9 Å². The minimum atomic E-state index is -4.57. The molecule has 0 aromatic heterocycles. The number of carbonyl (C=O) groups is 3. The molecule has 0 bridgehead atoms. The van der Waals surface area contributed by atoms with Gasteiger partial charge < -0.3 is 23.7 Å². The van der Waals surface area contributed by atoms with Gasteiger partial charge in [-0.25, -0.2) is 0 Å². The normalized spacial score (nSPS) is 28.1. The molecule has 12 heteroatoms. The molecular weight excluding hydrogens is 388 g/mol. The predicted octanol–water partition coefficient (Wildman–Crippen LogP) is -0.403. The van der Waals surface area contributed by atoms with E-state index in [0.29, 0.717) is 0 Å². The Kier molecular flexibility index (Phi) is 8.34. The maximum absolute atomic E-state index is 11.5. The van der Waals surface area contributed by atoms with Gasteiger partial charge in [-0.15, -0.1) is 6.58 Å². The average Bonchev–Trinajstić information content (AvgIpc) is 2.48. The van der Waals surface area contributed by atoms with Crippen molar-refractivity contribution in [2.24, 2.45) is 0 Å². The molecular formula is C15H22O11S. The molecule has 5 atom stereocenters. The molecule has 0 aliphatic carbocycles. The van der Waals surface area contributed by atoms with Crippen LogP contribution in [0.25, 0.3) is 0 Å². The molecule has 27 heavy (non-hydrogen) atoms. The molecule has 0 spiro atoms. The van der Waals surface area contributed by atoms with Crippen molar-refractivity contribution in [2.75, 3.05) is 12.4 Å². The maximum Gasteiger partial charge on any atom is 0.303 e. The fourth-order valence-electron chi connectivity index (χ4n) is 2.49. The molecule has 0 amide bonds. The highest BCUT2D eigenvalue weighted by Crippen LogP contribution is 2.30. The lowest BCUT2D eigenvalue weighted by Gasteiger charge is -2.43. The zero-order chi connectivity index (χ0) is 20.8. The van der Waals surface area contributed by atoms with Crippen molar-refractivity contribution in [3.05, 3.63) is 12.7 Å². The monoisotopic (exact) mass is 410 g/mol. The zero-order valence-electron chi connectivity index (χ0n) is 15.0. The molecule has 154 valence electrons. The Bertz CT molecular complexity index is 671. The van der Waals surface area contributed by atoms with E-state index in [-0.39, 0.29) is 6.61 Å². The van der Waals surface area contributed by atoms with Crippen LogP contribution in [0.15, 0.2) is 12.7 Å². The van der Waals surface area contributed by atoms with E-state index in [2.05, 4.69) is 6.58 Å². The van der Waals surface area contributed by atoms with Crippen molar-refractivity contribution in [1.82, 2.24) is 0 Å². The number of rotatable bonds is 8. The van der Waals surface area contributed by atoms with Gasteiger partial charge in [0.1, 0.15) is 11.9 Å². The lowest BCUT2D eigenvalue weighted by molar-refractivity contribution is -0.297. The van der Waals surface area contributed by atoms with Gasteiger partial charge in [0.2, 0.25) is 0 Å². The fourth-order valence-corrected chi connectivity index (χ4v) is 3.18. The molecule has 0 unspecified atom stereocenters. The molecule has 1 heterocycles. The topological polar surface area (TPSA) is 152 Å². The molecule has 1 saturated heterocycles. The second kappa shape index (κ2) is 9.78. The summed E-state index contributed by atoms with van der Waals surface area (Å²) in [5, 5.41) is 0. The average molecular weight is 410 g/mol. The molecule has 0 aromatic rings. The van der Waals surface area contributed by atoms with Gasteiger partial charge >= 0.3 is 17.9 Å². The second-order valence-electron chi connectivity index (χ2n) is 5.64. The van der Waals surface area contributed by atoms with E-state index in [1.165, 1.54) is 6.08 Å². The van der Waals surface area contributed by atoms with Crippen LogP contribution in [-0.2, 0) is 48.2 Å². The van der Waals surface area contributed by atoms with Gasteiger partial charge in [0, 0.05) is 20.8 Å². The van der Waals surface area contributed by atoms with Crippen LogP contribution in [0, 0.1) is 0 Å². The van der Waals surface area contributed by atoms with Crippen molar-refractivity contribution in [2.45, 2.75) is 51.5 Å². The van der Waals surface area contributed by atoms with Crippen LogP contribution in [0.4, 0.5) is 0 Å². The number of hydrogen-bond acceptors (Lipinski definition) is 10. The SMILES string of the molecule is C=CCO[C@H]1O[C@H](CS(=O)(=O)O)[C@@H](OC(C)=O)[C@@H](OC(C)=O)[C@H]1OC(C)=O. The van der Waals surface area contributed by atoms with Crippen molar-refractivity contribution in [3.63, 3.8) is 0 Å². The first-order valence-corrected chi connectivity index (χ1v) is 9.40. The number of carbonyl (C=O) groups excluding carboxylic acids is 3. The van der Waals surface area contributed by atoms with Gasteiger partial charge in [-0.3, -0.25) is 18.9 Å². The Morgan fingerprint density at radius 3 is 1.93 bits per heavy atom. The second-order valence-corrected chi connectivity index (χ2v) is 7.13. The van der Waals surface area contributed by atoms with Gasteiger partial charge in [-0.2, -0.15) is 8.42 Å². The summed E-state index contributed by atoms with van der Waals surface area (Å²) >= 11 is 0. The Labute approximate surface area is 156 Å². The molecule has 0 radical (unpaired) electrons. The summed E-state index contributed by atoms with van der Waals surface area (Å²) < 4.78 is 57.9. The van der Waals surface area contributed by atoms with E-state index in [1.54, 1.807) is 0 Å². The maximum atomic E-state index is 11.5. The van der Waals surface area contributed by atoms with Gasteiger partial charge in [0.15, 0.2) is 24.6 Å². The lowest BCUT2D eigenvalue weighted by Crippen LogP contribution is -2.63. The minimum Gasteiger partial charge on any atom is -0.456 e. The van der Waals surface area contributed by atoms with E-state index in [9.17, 15) is 22.8 Å². The van der Waals surface area contributed by atoms with E-state index >= 15 is 0 Å². The Morgan fingerprint density at radius 2 is 1.48 bits per heavy atom. The summed E-state index contributed by atoms with van der Waals surface area (Å²) in [7, 11) is -4.57. The first kappa shape index (κ1) is 23.0. The summed E-state index contributed by atoms with van der Waals surface area (Å²) in [4.78, 5) is 34.4. The van der Waals surface area contributed by atoms with E-state index in [0.717, 1.165) is 20.8 Å². The van der Waals surface area contributed by atoms with Crippen molar-refractivity contribution < 1.29 is 51.0 Å². The van der Waals surface area contributed by atoms with Crippen LogP contribution in [0.5, 0.6) is 0 Å². The molecule has 1 aliphatic heterocycles. The highest BCUT2D eigenvalue weighted by molar-refractivity contribution is 7.85. The Morgan fingerprint density at radius 1 is 1.00 bits per heavy atom. The number of esters is 3. The molecule has 11 nitrogen and oxygen atoms in total. The highest BCUT2D eigenvalue weighted by atomic mass is 32.2. The van der Waals surface area contributed by atoms with Crippen LogP contribution in [0.3, 0.4) is 0 Å². The number of hydrogen-bond donors (Lipinski definition) is 1. The van der Waals surface area contributed by atoms with Crippen molar-refractivity contribution in [3.8, 4) is 0 Å². The first-order valence-electron chi connectivity index (χ1n) is 7.79. The lowest BCUT2D eigenvalue weighted by atomic mass is 9.98. The molecule has 1 N–H and O–H groups in total. The molecule has 1 fully saturated rings. The molecule has 0 saturated carbocycles. The van der Waals surface area contributed by atoms with Crippen LogP contribution in [0.1, 0.15) is 20.8 Å². The summed E-state index contributed by atoms with van der Waals surface area (Å²) in [6.07, 6.45) is -5.78. The smallest absolute Gasteiger partial charge is 0.303 e. The van der Waals surface area contributed by atoms with Crippen molar-refractivity contribution >= 4 is 28.0 Å². The summed E-state index contributed by atoms with van der Waals surface area (Å²) in [6.45, 7) is 6.56. The van der Waals surface area contributed by atoms with E-state index in [1.807, 2.05) is 0 Å². The third-order valence-corrected chi connectivity index (χ3v) is 4.00. The third-order valence-electron chi connectivity index (χ3n) is 3.25. The molecule has 1 rings (SSSR count). The highest BCUT2D eigenvalue weighted by Gasteiger charge is 2.53. The van der Waals surface area contributed by atoms with E-state index in [4.69, 9.17) is 28.2 Å². The largest absolute Gasteiger partial charge is 0.456 e. The quantitative estimate of drug-likeness (QED) is 0.241. The Hall–Kier alpha value is -2.02. The zero-order valence-corrected chi connectivity index (χ0v) is 15.8. The van der Waals surface area contributed by atoms with Crippen LogP contribution in [0.2, 0.25) is 0 Å². The number of ether oxygens (including phenoxy) is 5. The third kappa shape index (κ3) is 7.62. The molecule has 1 aliphatic rings. The minimum absolute atomic E-state index is 0.0773. The summed E-state index contributed by atoms with van der Waals surface area (Å²) in [5.41, 5.74) is 0. The Balaban J connectivity index is 3.35. The summed E-state index contributed by atoms with van der Waals surface area (Å²) in [5.74, 6) is -3.41.